The number of aryl methyl sites for hydroxylation is 1. The van der Waals surface area contributed by atoms with Gasteiger partial charge in [-0.15, -0.1) is 0 Å². The maximum Gasteiger partial charge on any atom is 0.223 e. The average Bonchev–Trinajstić information content (AvgIpc) is 2.52. The zero-order chi connectivity index (χ0) is 17.0. The van der Waals surface area contributed by atoms with Gasteiger partial charge in [0.2, 0.25) is 5.91 Å². The van der Waals surface area contributed by atoms with E-state index < -0.39 is 6.10 Å². The van der Waals surface area contributed by atoms with Crippen LogP contribution < -0.4 is 10.2 Å². The maximum atomic E-state index is 12.3. The lowest BCUT2D eigenvalue weighted by molar-refractivity contribution is -0.126. The molecule has 0 radical (unpaired) electrons. The smallest absolute Gasteiger partial charge is 0.223 e. The summed E-state index contributed by atoms with van der Waals surface area (Å²) in [6.07, 6.45) is 3.01. The average molecular weight is 319 g/mol. The van der Waals surface area contributed by atoms with Crippen molar-refractivity contribution in [3.05, 3.63) is 23.9 Å². The van der Waals surface area contributed by atoms with Crippen LogP contribution in [-0.4, -0.2) is 41.7 Å². The van der Waals surface area contributed by atoms with Crippen molar-refractivity contribution >= 4 is 11.7 Å². The van der Waals surface area contributed by atoms with Crippen molar-refractivity contribution in [3.63, 3.8) is 0 Å². The quantitative estimate of drug-likeness (QED) is 0.892. The second-order valence-electron chi connectivity index (χ2n) is 7.58. The summed E-state index contributed by atoms with van der Waals surface area (Å²) in [5.41, 5.74) is 0.939. The maximum absolute atomic E-state index is 12.3. The third-order valence-corrected chi connectivity index (χ3v) is 4.55. The van der Waals surface area contributed by atoms with E-state index in [1.807, 2.05) is 40.0 Å². The molecule has 5 nitrogen and oxygen atoms in total. The highest BCUT2D eigenvalue weighted by Gasteiger charge is 2.27. The fourth-order valence-electron chi connectivity index (χ4n) is 2.67. The van der Waals surface area contributed by atoms with Gasteiger partial charge in [-0.2, -0.15) is 0 Å². The second-order valence-corrected chi connectivity index (χ2v) is 7.58. The molecule has 0 spiro atoms. The number of aromatic nitrogens is 1. The Morgan fingerprint density at radius 2 is 2.04 bits per heavy atom. The molecular weight excluding hydrogens is 290 g/mol. The Morgan fingerprint density at radius 3 is 2.57 bits per heavy atom. The van der Waals surface area contributed by atoms with E-state index in [0.717, 1.165) is 37.3 Å². The minimum Gasteiger partial charge on any atom is -0.391 e. The molecule has 1 amide bonds. The van der Waals surface area contributed by atoms with Crippen molar-refractivity contribution in [2.45, 2.75) is 46.6 Å². The van der Waals surface area contributed by atoms with Gasteiger partial charge in [0.25, 0.3) is 0 Å². The molecule has 0 aromatic carbocycles. The normalized spacial score (nSPS) is 17.9. The van der Waals surface area contributed by atoms with E-state index in [1.165, 1.54) is 0 Å². The summed E-state index contributed by atoms with van der Waals surface area (Å²) < 4.78 is 0. The molecule has 128 valence electrons. The van der Waals surface area contributed by atoms with Crippen molar-refractivity contribution in [2.75, 3.05) is 24.5 Å². The molecule has 2 rings (SSSR count). The van der Waals surface area contributed by atoms with Gasteiger partial charge in [0.15, 0.2) is 0 Å². The Balaban J connectivity index is 1.79. The lowest BCUT2D eigenvalue weighted by atomic mass is 9.89. The molecule has 0 saturated carbocycles. The minimum atomic E-state index is -0.525. The highest BCUT2D eigenvalue weighted by atomic mass is 16.3. The van der Waals surface area contributed by atoms with Gasteiger partial charge in [0.05, 0.1) is 6.10 Å². The second kappa shape index (κ2) is 7.30. The number of carbonyl (C=O) groups excluding carboxylic acids is 1. The number of nitrogens with one attached hydrogen (secondary N) is 1. The van der Waals surface area contributed by atoms with Crippen LogP contribution in [0.2, 0.25) is 0 Å². The molecular formula is C18H29N3O2. The van der Waals surface area contributed by atoms with Crippen LogP contribution in [0.15, 0.2) is 18.3 Å². The SMILES string of the molecule is Cc1ccc(N2CCC(C(=O)NCC(O)C(C)(C)C)CC2)nc1. The van der Waals surface area contributed by atoms with Gasteiger partial charge in [-0.1, -0.05) is 26.8 Å². The van der Waals surface area contributed by atoms with Crippen LogP contribution >= 0.6 is 0 Å². The van der Waals surface area contributed by atoms with E-state index in [-0.39, 0.29) is 17.2 Å². The summed E-state index contributed by atoms with van der Waals surface area (Å²) in [6, 6.07) is 4.10. The molecule has 0 bridgehead atoms. The number of carbonyl (C=O) groups is 1. The lowest BCUT2D eigenvalue weighted by Gasteiger charge is -2.33. The Bertz CT molecular complexity index is 514. The summed E-state index contributed by atoms with van der Waals surface area (Å²) in [5.74, 6) is 1.08. The highest BCUT2D eigenvalue weighted by molar-refractivity contribution is 5.79. The number of aliphatic hydroxyl groups excluding tert-OH is 1. The highest BCUT2D eigenvalue weighted by Crippen LogP contribution is 2.22. The Labute approximate surface area is 139 Å². The van der Waals surface area contributed by atoms with E-state index in [1.54, 1.807) is 0 Å². The molecule has 1 unspecified atom stereocenters. The molecule has 2 N–H and O–H groups in total. The van der Waals surface area contributed by atoms with Gasteiger partial charge < -0.3 is 15.3 Å². The first-order valence-electron chi connectivity index (χ1n) is 8.41. The van der Waals surface area contributed by atoms with Crippen molar-refractivity contribution < 1.29 is 9.90 Å². The van der Waals surface area contributed by atoms with Crippen molar-refractivity contribution in [2.24, 2.45) is 11.3 Å². The number of rotatable bonds is 4. The van der Waals surface area contributed by atoms with Crippen LogP contribution in [0.1, 0.15) is 39.2 Å². The van der Waals surface area contributed by atoms with Gasteiger partial charge in [0.1, 0.15) is 5.82 Å². The number of amides is 1. The number of nitrogens with zero attached hydrogens (tertiary/aromatic N) is 2. The van der Waals surface area contributed by atoms with E-state index in [4.69, 9.17) is 0 Å². The van der Waals surface area contributed by atoms with Crippen LogP contribution in [0.25, 0.3) is 0 Å². The first-order chi connectivity index (χ1) is 10.8. The topological polar surface area (TPSA) is 65.5 Å². The first kappa shape index (κ1) is 17.7. The van der Waals surface area contributed by atoms with Crippen LogP contribution in [0.5, 0.6) is 0 Å². The van der Waals surface area contributed by atoms with Crippen molar-refractivity contribution in [1.82, 2.24) is 10.3 Å². The molecule has 1 fully saturated rings. The van der Waals surface area contributed by atoms with E-state index in [2.05, 4.69) is 21.3 Å². The fourth-order valence-corrected chi connectivity index (χ4v) is 2.67. The summed E-state index contributed by atoms with van der Waals surface area (Å²) in [5, 5.41) is 12.9. The first-order valence-corrected chi connectivity index (χ1v) is 8.41. The van der Waals surface area contributed by atoms with Gasteiger partial charge in [-0.3, -0.25) is 4.79 Å². The predicted octanol–water partition coefficient (Wildman–Crippen LogP) is 2.13. The van der Waals surface area contributed by atoms with Gasteiger partial charge in [-0.25, -0.2) is 4.98 Å². The van der Waals surface area contributed by atoms with Crippen LogP contribution in [0.3, 0.4) is 0 Å². The molecule has 1 aromatic heterocycles. The van der Waals surface area contributed by atoms with Gasteiger partial charge in [0, 0.05) is 31.7 Å². The molecule has 1 aliphatic heterocycles. The van der Waals surface area contributed by atoms with Gasteiger partial charge >= 0.3 is 0 Å². The Hall–Kier alpha value is -1.62. The summed E-state index contributed by atoms with van der Waals surface area (Å²) in [7, 11) is 0. The molecule has 1 saturated heterocycles. The molecule has 1 aliphatic rings. The standard InChI is InChI=1S/C18H29N3O2/c1-13-5-6-16(19-11-13)21-9-7-14(8-10-21)17(23)20-12-15(22)18(2,3)4/h5-6,11,14-15,22H,7-10,12H2,1-4H3,(H,20,23). The number of hydrogen-bond acceptors (Lipinski definition) is 4. The van der Waals surface area contributed by atoms with E-state index in [0.29, 0.717) is 6.54 Å². The predicted molar refractivity (Wildman–Crippen MR) is 92.4 cm³/mol. The number of piperidine rings is 1. The number of anilines is 1. The summed E-state index contributed by atoms with van der Waals surface area (Å²) in [6.45, 7) is 9.94. The summed E-state index contributed by atoms with van der Waals surface area (Å²) >= 11 is 0. The van der Waals surface area contributed by atoms with E-state index in [9.17, 15) is 9.90 Å². The van der Waals surface area contributed by atoms with Crippen LogP contribution in [-0.2, 0) is 4.79 Å². The molecule has 23 heavy (non-hydrogen) atoms. The third-order valence-electron chi connectivity index (χ3n) is 4.55. The molecule has 1 aromatic rings. The zero-order valence-corrected chi connectivity index (χ0v) is 14.7. The lowest BCUT2D eigenvalue weighted by Crippen LogP contribution is -2.44. The number of pyridine rings is 1. The van der Waals surface area contributed by atoms with Gasteiger partial charge in [-0.05, 0) is 36.8 Å². The third kappa shape index (κ3) is 4.93. The molecule has 1 atom stereocenters. The fraction of sp³-hybridized carbons (Fsp3) is 0.667. The van der Waals surface area contributed by atoms with Crippen LogP contribution in [0, 0.1) is 18.3 Å². The number of hydrogen-bond donors (Lipinski definition) is 2. The van der Waals surface area contributed by atoms with Crippen molar-refractivity contribution in [1.29, 1.82) is 0 Å². The largest absolute Gasteiger partial charge is 0.391 e. The van der Waals surface area contributed by atoms with E-state index >= 15 is 0 Å². The summed E-state index contributed by atoms with van der Waals surface area (Å²) in [4.78, 5) is 18.9. The Kier molecular flexibility index (Phi) is 5.63. The molecule has 0 aliphatic carbocycles. The number of aliphatic hydroxyl groups is 1. The van der Waals surface area contributed by atoms with Crippen molar-refractivity contribution in [3.8, 4) is 0 Å². The Morgan fingerprint density at radius 1 is 1.39 bits per heavy atom. The minimum absolute atomic E-state index is 0.0314. The zero-order valence-electron chi connectivity index (χ0n) is 14.7. The monoisotopic (exact) mass is 319 g/mol. The van der Waals surface area contributed by atoms with Crippen LogP contribution in [0.4, 0.5) is 5.82 Å². The molecule has 2 heterocycles. The molecule has 5 heteroatoms.